The van der Waals surface area contributed by atoms with Crippen LogP contribution in [-0.4, -0.2) is 57.1 Å². The Morgan fingerprint density at radius 2 is 2.07 bits per heavy atom. The van der Waals surface area contributed by atoms with Gasteiger partial charge >= 0.3 is 0 Å². The van der Waals surface area contributed by atoms with Gasteiger partial charge in [-0.15, -0.1) is 11.3 Å². The maximum atomic E-state index is 12.5. The van der Waals surface area contributed by atoms with Crippen molar-refractivity contribution in [2.75, 3.05) is 20.4 Å². The molecule has 0 bridgehead atoms. The van der Waals surface area contributed by atoms with Gasteiger partial charge in [0, 0.05) is 28.7 Å². The molecular weight excluding hydrogens is 429 g/mol. The Labute approximate surface area is 174 Å². The molecule has 1 fully saturated rings. The number of halogens is 2. The smallest absolute Gasteiger partial charge is 0.276 e. The number of benzene rings is 1. The van der Waals surface area contributed by atoms with Crippen molar-refractivity contribution in [2.24, 2.45) is 5.10 Å². The van der Waals surface area contributed by atoms with E-state index >= 15 is 0 Å². The zero-order valence-electron chi connectivity index (χ0n) is 14.6. The summed E-state index contributed by atoms with van der Waals surface area (Å²) in [6.45, 7) is 0.701. The molecular formula is C15H15Cl2N7O3S. The summed E-state index contributed by atoms with van der Waals surface area (Å²) >= 11 is 13.0. The van der Waals surface area contributed by atoms with Crippen LogP contribution in [0.1, 0.15) is 15.2 Å². The van der Waals surface area contributed by atoms with Gasteiger partial charge < -0.3 is 9.80 Å². The number of carbonyl (C=O) groups is 1. The predicted molar refractivity (Wildman–Crippen MR) is 105 cm³/mol. The molecule has 0 aliphatic carbocycles. The SMILES string of the molecule is CN1CN(NC(=O)c2ccc(Cl)cc2)CN(Cc2cnc(Cl)s2)/C1=N/[N+](=O)[O-]. The second-order valence-electron chi connectivity index (χ2n) is 5.88. The predicted octanol–water partition coefficient (Wildman–Crippen LogP) is 2.31. The van der Waals surface area contributed by atoms with Crippen LogP contribution >= 0.6 is 34.5 Å². The molecule has 1 aliphatic rings. The minimum Gasteiger partial charge on any atom is -0.326 e. The molecule has 1 aromatic heterocycles. The lowest BCUT2D eigenvalue weighted by molar-refractivity contribution is -0.486. The third kappa shape index (κ3) is 5.07. The van der Waals surface area contributed by atoms with Crippen molar-refractivity contribution < 1.29 is 9.83 Å². The van der Waals surface area contributed by atoms with E-state index in [9.17, 15) is 14.9 Å². The highest BCUT2D eigenvalue weighted by atomic mass is 35.5. The van der Waals surface area contributed by atoms with E-state index in [0.29, 0.717) is 21.6 Å². The number of rotatable bonds is 5. The molecule has 0 radical (unpaired) electrons. The van der Waals surface area contributed by atoms with Crippen LogP contribution < -0.4 is 5.43 Å². The van der Waals surface area contributed by atoms with Crippen LogP contribution in [-0.2, 0) is 6.54 Å². The zero-order valence-corrected chi connectivity index (χ0v) is 16.9. The van der Waals surface area contributed by atoms with Gasteiger partial charge in [0.25, 0.3) is 11.9 Å². The summed E-state index contributed by atoms with van der Waals surface area (Å²) < 4.78 is 0.376. The molecule has 1 N–H and O–H groups in total. The molecule has 10 nitrogen and oxygen atoms in total. The fourth-order valence-electron chi connectivity index (χ4n) is 2.63. The van der Waals surface area contributed by atoms with E-state index in [2.05, 4.69) is 15.5 Å². The van der Waals surface area contributed by atoms with Crippen molar-refractivity contribution in [3.8, 4) is 0 Å². The van der Waals surface area contributed by atoms with Crippen molar-refractivity contribution in [3.05, 3.63) is 60.5 Å². The Kier molecular flexibility index (Phi) is 6.29. The topological polar surface area (TPSA) is 107 Å². The van der Waals surface area contributed by atoms with Crippen LogP contribution in [0, 0.1) is 10.1 Å². The van der Waals surface area contributed by atoms with Gasteiger partial charge in [-0.1, -0.05) is 23.2 Å². The van der Waals surface area contributed by atoms with Gasteiger partial charge in [0.15, 0.2) is 9.50 Å². The quantitative estimate of drug-likeness (QED) is 0.557. The average molecular weight is 444 g/mol. The fourth-order valence-corrected chi connectivity index (χ4v) is 3.75. The highest BCUT2D eigenvalue weighted by Crippen LogP contribution is 2.21. The molecule has 2 heterocycles. The van der Waals surface area contributed by atoms with Crippen LogP contribution in [0.5, 0.6) is 0 Å². The summed E-state index contributed by atoms with van der Waals surface area (Å²) in [4.78, 5) is 31.4. The molecule has 1 saturated heterocycles. The van der Waals surface area contributed by atoms with E-state index in [1.807, 2.05) is 0 Å². The Bertz CT molecular complexity index is 905. The highest BCUT2D eigenvalue weighted by Gasteiger charge is 2.30. The van der Waals surface area contributed by atoms with E-state index in [0.717, 1.165) is 4.88 Å². The van der Waals surface area contributed by atoms with Crippen LogP contribution in [0.25, 0.3) is 0 Å². The largest absolute Gasteiger partial charge is 0.326 e. The van der Waals surface area contributed by atoms with Gasteiger partial charge in [-0.05, 0) is 24.3 Å². The van der Waals surface area contributed by atoms with E-state index in [-0.39, 0.29) is 25.2 Å². The first-order chi connectivity index (χ1) is 13.3. The maximum absolute atomic E-state index is 12.5. The van der Waals surface area contributed by atoms with Crippen LogP contribution in [0.15, 0.2) is 35.6 Å². The van der Waals surface area contributed by atoms with Crippen molar-refractivity contribution in [1.82, 2.24) is 25.2 Å². The van der Waals surface area contributed by atoms with Gasteiger partial charge in [-0.25, -0.2) is 15.1 Å². The Balaban J connectivity index is 1.76. The molecule has 0 atom stereocenters. The number of amides is 1. The summed E-state index contributed by atoms with van der Waals surface area (Å²) in [5.41, 5.74) is 3.23. The molecule has 148 valence electrons. The van der Waals surface area contributed by atoms with Gasteiger partial charge in [-0.2, -0.15) is 5.01 Å². The number of aromatic nitrogens is 1. The van der Waals surface area contributed by atoms with Crippen molar-refractivity contribution in [3.63, 3.8) is 0 Å². The Morgan fingerprint density at radius 3 is 2.68 bits per heavy atom. The van der Waals surface area contributed by atoms with E-state index in [4.69, 9.17) is 23.2 Å². The summed E-state index contributed by atoms with van der Waals surface area (Å²) in [5.74, 6) is -0.146. The summed E-state index contributed by atoms with van der Waals surface area (Å²) in [5, 5.41) is 15.8. The zero-order chi connectivity index (χ0) is 20.3. The van der Waals surface area contributed by atoms with Gasteiger partial charge in [0.2, 0.25) is 0 Å². The number of carbonyl (C=O) groups excluding carboxylic acids is 1. The summed E-state index contributed by atoms with van der Waals surface area (Å²) in [7, 11) is 1.65. The van der Waals surface area contributed by atoms with Gasteiger partial charge in [-0.3, -0.25) is 10.2 Å². The number of thiazole rings is 1. The number of hydrogen-bond acceptors (Lipinski definition) is 6. The number of hydrazone groups is 1. The number of guanidine groups is 1. The minimum atomic E-state index is -0.750. The third-order valence-electron chi connectivity index (χ3n) is 3.76. The summed E-state index contributed by atoms with van der Waals surface area (Å²) in [6.07, 6.45) is 1.60. The lowest BCUT2D eigenvalue weighted by Gasteiger charge is -2.41. The number of nitro groups is 1. The van der Waals surface area contributed by atoms with E-state index < -0.39 is 5.03 Å². The van der Waals surface area contributed by atoms with E-state index in [1.165, 1.54) is 11.3 Å². The fraction of sp³-hybridized carbons (Fsp3) is 0.267. The normalized spacial score (nSPS) is 16.5. The summed E-state index contributed by atoms with van der Waals surface area (Å²) in [6, 6.07) is 6.48. The Morgan fingerprint density at radius 1 is 1.36 bits per heavy atom. The molecule has 13 heteroatoms. The molecule has 1 aromatic carbocycles. The molecule has 0 saturated carbocycles. The average Bonchev–Trinajstić information content (AvgIpc) is 3.03. The minimum absolute atomic E-state index is 0.173. The molecule has 1 amide bonds. The molecule has 28 heavy (non-hydrogen) atoms. The van der Waals surface area contributed by atoms with E-state index in [1.54, 1.807) is 52.3 Å². The number of hydrogen-bond donors (Lipinski definition) is 1. The molecule has 0 spiro atoms. The first kappa shape index (κ1) is 20.3. The molecule has 2 aromatic rings. The third-order valence-corrected chi connectivity index (χ3v) is 5.11. The number of hydrazine groups is 1. The van der Waals surface area contributed by atoms with Gasteiger partial charge in [0.1, 0.15) is 5.10 Å². The monoisotopic (exact) mass is 443 g/mol. The molecule has 0 unspecified atom stereocenters. The Hall–Kier alpha value is -2.47. The van der Waals surface area contributed by atoms with Gasteiger partial charge in [0.05, 0.1) is 19.9 Å². The second-order valence-corrected chi connectivity index (χ2v) is 8.02. The second kappa shape index (κ2) is 8.69. The lowest BCUT2D eigenvalue weighted by atomic mass is 10.2. The standard InChI is InChI=1S/C15H15Cl2N7O3S/c1-21-8-23(19-13(25)10-2-4-11(16)5-3-10)9-22(15(21)20-24(26)27)7-12-6-18-14(17)28-12/h2-6H,7-9H2,1H3,(H,19,25)/b20-15+. The highest BCUT2D eigenvalue weighted by molar-refractivity contribution is 7.15. The van der Waals surface area contributed by atoms with Crippen LogP contribution in [0.2, 0.25) is 9.49 Å². The number of nitrogens with zero attached hydrogens (tertiary/aromatic N) is 6. The van der Waals surface area contributed by atoms with Crippen LogP contribution in [0.3, 0.4) is 0 Å². The van der Waals surface area contributed by atoms with Crippen molar-refractivity contribution >= 4 is 46.4 Å². The van der Waals surface area contributed by atoms with Crippen LogP contribution in [0.4, 0.5) is 0 Å². The molecule has 3 rings (SSSR count). The number of nitrogens with one attached hydrogen (secondary N) is 1. The first-order valence-electron chi connectivity index (χ1n) is 7.92. The van der Waals surface area contributed by atoms with Crippen molar-refractivity contribution in [1.29, 1.82) is 0 Å². The lowest BCUT2D eigenvalue weighted by Crippen LogP contribution is -2.61. The maximum Gasteiger partial charge on any atom is 0.276 e. The molecule has 1 aliphatic heterocycles. The first-order valence-corrected chi connectivity index (χ1v) is 9.50. The van der Waals surface area contributed by atoms with Crippen molar-refractivity contribution in [2.45, 2.75) is 6.54 Å².